The van der Waals surface area contributed by atoms with Crippen LogP contribution in [0.4, 0.5) is 0 Å². The molecule has 0 bridgehead atoms. The van der Waals surface area contributed by atoms with E-state index in [9.17, 15) is 4.79 Å². The van der Waals surface area contributed by atoms with Gasteiger partial charge in [-0.15, -0.1) is 0 Å². The van der Waals surface area contributed by atoms with Crippen LogP contribution in [0.2, 0.25) is 0 Å². The molecule has 10 heavy (non-hydrogen) atoms. The van der Waals surface area contributed by atoms with Crippen LogP contribution in [0.15, 0.2) is 11.6 Å². The van der Waals surface area contributed by atoms with Gasteiger partial charge in [-0.3, -0.25) is 4.79 Å². The first-order chi connectivity index (χ1) is 4.79. The summed E-state index contributed by atoms with van der Waals surface area (Å²) in [5.41, 5.74) is 1.43. The topological polar surface area (TPSA) is 26.3 Å². The van der Waals surface area contributed by atoms with Crippen molar-refractivity contribution in [3.8, 4) is 0 Å². The van der Waals surface area contributed by atoms with Crippen molar-refractivity contribution in [2.24, 2.45) is 0 Å². The van der Waals surface area contributed by atoms with E-state index < -0.39 is 0 Å². The van der Waals surface area contributed by atoms with E-state index in [1.165, 1.54) is 31.8 Å². The zero-order valence-electron chi connectivity index (χ0n) is 6.22. The number of rotatable bonds is 2. The van der Waals surface area contributed by atoms with Gasteiger partial charge in [0.15, 0.2) is 0 Å². The van der Waals surface area contributed by atoms with Crippen LogP contribution in [0.5, 0.6) is 0 Å². The largest absolute Gasteiger partial charge is 0.462 e. The summed E-state index contributed by atoms with van der Waals surface area (Å²) in [5, 5.41) is 0. The molecule has 0 heterocycles. The third kappa shape index (κ3) is 2.21. The normalized spacial score (nSPS) is 15.9. The number of hydrogen-bond acceptors (Lipinski definition) is 2. The quantitative estimate of drug-likeness (QED) is 0.430. The molecule has 0 N–H and O–H groups in total. The van der Waals surface area contributed by atoms with Crippen LogP contribution in [0.1, 0.15) is 26.2 Å². The molecule has 0 unspecified atom stereocenters. The molecular weight excluding hydrogens is 128 g/mol. The van der Waals surface area contributed by atoms with E-state index in [0.717, 1.165) is 0 Å². The Morgan fingerprint density at radius 1 is 1.70 bits per heavy atom. The number of carbonyl (C=O) groups is 1. The lowest BCUT2D eigenvalue weighted by Gasteiger charge is -2.15. The van der Waals surface area contributed by atoms with Gasteiger partial charge in [-0.25, -0.2) is 0 Å². The molecule has 0 aromatic rings. The molecule has 1 fully saturated rings. The molecule has 0 radical (unpaired) electrons. The van der Waals surface area contributed by atoms with Crippen molar-refractivity contribution in [1.29, 1.82) is 0 Å². The summed E-state index contributed by atoms with van der Waals surface area (Å²) in [4.78, 5) is 10.3. The SMILES string of the molecule is CC(=O)OCC=C1CCC1. The van der Waals surface area contributed by atoms with E-state index in [1.54, 1.807) is 0 Å². The molecule has 2 heteroatoms. The Kier molecular flexibility index (Phi) is 2.49. The predicted octanol–water partition coefficient (Wildman–Crippen LogP) is 1.66. The number of allylic oxidation sites excluding steroid dienone is 1. The summed E-state index contributed by atoms with van der Waals surface area (Å²) in [6, 6.07) is 0. The van der Waals surface area contributed by atoms with Gasteiger partial charge in [-0.2, -0.15) is 0 Å². The molecule has 0 spiro atoms. The van der Waals surface area contributed by atoms with E-state index >= 15 is 0 Å². The van der Waals surface area contributed by atoms with Crippen LogP contribution in [0.25, 0.3) is 0 Å². The highest BCUT2D eigenvalue weighted by Crippen LogP contribution is 2.24. The van der Waals surface area contributed by atoms with Gasteiger partial charge >= 0.3 is 5.97 Å². The predicted molar refractivity (Wildman–Crippen MR) is 38.6 cm³/mol. The Morgan fingerprint density at radius 3 is 2.80 bits per heavy atom. The lowest BCUT2D eigenvalue weighted by atomic mass is 9.92. The molecule has 0 atom stereocenters. The average Bonchev–Trinajstić information content (AvgIpc) is 1.75. The monoisotopic (exact) mass is 140 g/mol. The maximum absolute atomic E-state index is 10.3. The van der Waals surface area contributed by atoms with Gasteiger partial charge in [-0.05, 0) is 25.3 Å². The molecule has 1 aliphatic carbocycles. The van der Waals surface area contributed by atoms with Gasteiger partial charge in [0.2, 0.25) is 0 Å². The minimum atomic E-state index is -0.198. The lowest BCUT2D eigenvalue weighted by molar-refractivity contribution is -0.139. The number of esters is 1. The van der Waals surface area contributed by atoms with Gasteiger partial charge in [-0.1, -0.05) is 5.57 Å². The van der Waals surface area contributed by atoms with Crippen LogP contribution in [0, 0.1) is 0 Å². The van der Waals surface area contributed by atoms with E-state index in [-0.39, 0.29) is 5.97 Å². The third-order valence-corrected chi connectivity index (χ3v) is 1.65. The van der Waals surface area contributed by atoms with E-state index in [4.69, 9.17) is 4.74 Å². The Labute approximate surface area is 60.9 Å². The number of hydrogen-bond donors (Lipinski definition) is 0. The summed E-state index contributed by atoms with van der Waals surface area (Å²) in [5.74, 6) is -0.198. The van der Waals surface area contributed by atoms with Gasteiger partial charge in [0, 0.05) is 6.92 Å². The van der Waals surface area contributed by atoms with Crippen molar-refractivity contribution in [1.82, 2.24) is 0 Å². The molecule has 2 nitrogen and oxygen atoms in total. The van der Waals surface area contributed by atoms with E-state index in [2.05, 4.69) is 0 Å². The van der Waals surface area contributed by atoms with Crippen molar-refractivity contribution >= 4 is 5.97 Å². The maximum Gasteiger partial charge on any atom is 0.302 e. The Bertz CT molecular complexity index is 153. The van der Waals surface area contributed by atoms with Crippen LogP contribution in [-0.4, -0.2) is 12.6 Å². The fourth-order valence-corrected chi connectivity index (χ4v) is 0.862. The maximum atomic E-state index is 10.3. The van der Waals surface area contributed by atoms with Gasteiger partial charge in [0.1, 0.15) is 6.61 Å². The zero-order chi connectivity index (χ0) is 7.40. The molecular formula is C8H12O2. The molecule has 0 amide bonds. The van der Waals surface area contributed by atoms with E-state index in [0.29, 0.717) is 6.61 Å². The van der Waals surface area contributed by atoms with Gasteiger partial charge < -0.3 is 4.74 Å². The summed E-state index contributed by atoms with van der Waals surface area (Å²) < 4.78 is 4.73. The smallest absolute Gasteiger partial charge is 0.302 e. The summed E-state index contributed by atoms with van der Waals surface area (Å²) in [6.45, 7) is 1.89. The first-order valence-electron chi connectivity index (χ1n) is 3.60. The second-order valence-electron chi connectivity index (χ2n) is 2.52. The van der Waals surface area contributed by atoms with Crippen LogP contribution >= 0.6 is 0 Å². The van der Waals surface area contributed by atoms with E-state index in [1.807, 2.05) is 6.08 Å². The Morgan fingerprint density at radius 2 is 2.40 bits per heavy atom. The molecule has 0 aromatic carbocycles. The third-order valence-electron chi connectivity index (χ3n) is 1.65. The molecule has 0 aromatic heterocycles. The zero-order valence-corrected chi connectivity index (χ0v) is 6.22. The minimum Gasteiger partial charge on any atom is -0.462 e. The second kappa shape index (κ2) is 3.40. The Hall–Kier alpha value is -0.790. The molecule has 0 saturated heterocycles. The van der Waals surface area contributed by atoms with Crippen LogP contribution in [0.3, 0.4) is 0 Å². The lowest BCUT2D eigenvalue weighted by Crippen LogP contribution is -2.02. The van der Waals surface area contributed by atoms with Crippen molar-refractivity contribution in [2.45, 2.75) is 26.2 Å². The molecule has 56 valence electrons. The average molecular weight is 140 g/mol. The van der Waals surface area contributed by atoms with Gasteiger partial charge in [0.05, 0.1) is 0 Å². The summed E-state index contributed by atoms with van der Waals surface area (Å²) in [7, 11) is 0. The van der Waals surface area contributed by atoms with Crippen LogP contribution in [-0.2, 0) is 9.53 Å². The van der Waals surface area contributed by atoms with Crippen molar-refractivity contribution in [3.63, 3.8) is 0 Å². The molecule has 1 rings (SSSR count). The molecule has 1 saturated carbocycles. The Balaban J connectivity index is 2.09. The first kappa shape index (κ1) is 7.32. The second-order valence-corrected chi connectivity index (χ2v) is 2.52. The van der Waals surface area contributed by atoms with Crippen molar-refractivity contribution in [3.05, 3.63) is 11.6 Å². The number of ether oxygens (including phenoxy) is 1. The summed E-state index contributed by atoms with van der Waals surface area (Å²) >= 11 is 0. The summed E-state index contributed by atoms with van der Waals surface area (Å²) in [6.07, 6.45) is 5.69. The minimum absolute atomic E-state index is 0.198. The highest BCUT2D eigenvalue weighted by atomic mass is 16.5. The van der Waals surface area contributed by atoms with Crippen LogP contribution < -0.4 is 0 Å². The number of carbonyl (C=O) groups excluding carboxylic acids is 1. The fourth-order valence-electron chi connectivity index (χ4n) is 0.862. The van der Waals surface area contributed by atoms with Gasteiger partial charge in [0.25, 0.3) is 0 Å². The van der Waals surface area contributed by atoms with Crippen molar-refractivity contribution in [2.75, 3.05) is 6.61 Å². The van der Waals surface area contributed by atoms with Crippen molar-refractivity contribution < 1.29 is 9.53 Å². The molecule has 0 aliphatic heterocycles. The highest BCUT2D eigenvalue weighted by molar-refractivity contribution is 5.66. The fraction of sp³-hybridized carbons (Fsp3) is 0.625. The highest BCUT2D eigenvalue weighted by Gasteiger charge is 2.06. The standard InChI is InChI=1S/C8H12O2/c1-7(9)10-6-5-8-3-2-4-8/h5H,2-4,6H2,1H3. The first-order valence-corrected chi connectivity index (χ1v) is 3.60. The molecule has 1 aliphatic rings.